The van der Waals surface area contributed by atoms with Crippen molar-refractivity contribution in [3.63, 3.8) is 0 Å². The number of aryl methyl sites for hydroxylation is 3. The van der Waals surface area contributed by atoms with E-state index in [1.54, 1.807) is 23.4 Å². The molecule has 1 aliphatic heterocycles. The van der Waals surface area contributed by atoms with Gasteiger partial charge in [0.15, 0.2) is 0 Å². The van der Waals surface area contributed by atoms with Gasteiger partial charge in [0, 0.05) is 18.7 Å². The van der Waals surface area contributed by atoms with E-state index >= 15 is 0 Å². The Labute approximate surface area is 185 Å². The van der Waals surface area contributed by atoms with Crippen molar-refractivity contribution in [3.8, 4) is 0 Å². The number of fused-ring (bicyclic) bond motifs is 1. The molecule has 1 amide bonds. The van der Waals surface area contributed by atoms with E-state index in [0.717, 1.165) is 37.7 Å². The molecule has 166 valence electrons. The van der Waals surface area contributed by atoms with Crippen LogP contribution in [0.2, 0.25) is 0 Å². The lowest BCUT2D eigenvalue weighted by atomic mass is 9.89. The molecule has 1 fully saturated rings. The summed E-state index contributed by atoms with van der Waals surface area (Å²) in [6, 6.07) is 11.3. The van der Waals surface area contributed by atoms with E-state index in [4.69, 9.17) is 0 Å². The van der Waals surface area contributed by atoms with Crippen LogP contribution in [0, 0.1) is 6.92 Å². The fourth-order valence-electron chi connectivity index (χ4n) is 4.65. The zero-order chi connectivity index (χ0) is 22.0. The maximum absolute atomic E-state index is 13.2. The predicted octanol–water partition coefficient (Wildman–Crippen LogP) is 4.54. The third-order valence-corrected chi connectivity index (χ3v) is 8.64. The normalized spacial score (nSPS) is 18.3. The number of benzene rings is 2. The van der Waals surface area contributed by atoms with Gasteiger partial charge in [-0.05, 0) is 86.8 Å². The third kappa shape index (κ3) is 4.70. The Morgan fingerprint density at radius 2 is 1.65 bits per heavy atom. The molecule has 2 aliphatic rings. The summed E-state index contributed by atoms with van der Waals surface area (Å²) in [5.74, 6) is -0.250. The van der Waals surface area contributed by atoms with Crippen molar-refractivity contribution in [2.24, 2.45) is 0 Å². The first-order valence-electron chi connectivity index (χ1n) is 11.4. The van der Waals surface area contributed by atoms with E-state index in [1.165, 1.54) is 30.0 Å². The maximum Gasteiger partial charge on any atom is 0.251 e. The summed E-state index contributed by atoms with van der Waals surface area (Å²) in [7, 11) is -3.59. The van der Waals surface area contributed by atoms with Gasteiger partial charge in [-0.1, -0.05) is 30.7 Å². The molecule has 0 aromatic heterocycles. The Morgan fingerprint density at radius 1 is 0.935 bits per heavy atom. The SMILES string of the molecule is Cc1ccc(C(=O)N[C@H](C)c2ccc3c(c2)CCCC3)cc1S(=O)(=O)N1CCCCC1. The average molecular weight is 441 g/mol. The summed E-state index contributed by atoms with van der Waals surface area (Å²) in [4.78, 5) is 13.2. The van der Waals surface area contributed by atoms with E-state index in [2.05, 4.69) is 23.5 Å². The van der Waals surface area contributed by atoms with Gasteiger partial charge in [-0.3, -0.25) is 4.79 Å². The molecule has 0 radical (unpaired) electrons. The van der Waals surface area contributed by atoms with Crippen LogP contribution < -0.4 is 5.32 Å². The summed E-state index contributed by atoms with van der Waals surface area (Å²) in [5, 5.41) is 3.05. The van der Waals surface area contributed by atoms with Gasteiger partial charge >= 0.3 is 0 Å². The smallest absolute Gasteiger partial charge is 0.251 e. The van der Waals surface area contributed by atoms with Crippen molar-refractivity contribution in [3.05, 3.63) is 64.2 Å². The van der Waals surface area contributed by atoms with Crippen LogP contribution in [0.5, 0.6) is 0 Å². The molecule has 6 heteroatoms. The topological polar surface area (TPSA) is 66.5 Å². The highest BCUT2D eigenvalue weighted by Gasteiger charge is 2.28. The van der Waals surface area contributed by atoms with Crippen LogP contribution in [0.3, 0.4) is 0 Å². The van der Waals surface area contributed by atoms with E-state index in [1.807, 2.05) is 6.92 Å². The van der Waals surface area contributed by atoms with Crippen molar-refractivity contribution in [2.75, 3.05) is 13.1 Å². The zero-order valence-corrected chi connectivity index (χ0v) is 19.3. The fourth-order valence-corrected chi connectivity index (χ4v) is 6.42. The lowest BCUT2D eigenvalue weighted by Gasteiger charge is -2.26. The first kappa shape index (κ1) is 22.0. The number of sulfonamides is 1. The van der Waals surface area contributed by atoms with Crippen molar-refractivity contribution in [1.29, 1.82) is 0 Å². The molecule has 1 aliphatic carbocycles. The monoisotopic (exact) mass is 440 g/mol. The van der Waals surface area contributed by atoms with Crippen LogP contribution in [-0.4, -0.2) is 31.7 Å². The molecule has 2 aromatic carbocycles. The molecule has 5 nitrogen and oxygen atoms in total. The predicted molar refractivity (Wildman–Crippen MR) is 123 cm³/mol. The van der Waals surface area contributed by atoms with Gasteiger partial charge in [-0.25, -0.2) is 8.42 Å². The molecule has 31 heavy (non-hydrogen) atoms. The number of carbonyl (C=O) groups excluding carboxylic acids is 1. The number of nitrogens with one attached hydrogen (secondary N) is 1. The second-order valence-electron chi connectivity index (χ2n) is 8.88. The summed E-state index contributed by atoms with van der Waals surface area (Å²) in [6.45, 7) is 4.86. The van der Waals surface area contributed by atoms with E-state index in [0.29, 0.717) is 24.2 Å². The van der Waals surface area contributed by atoms with Crippen molar-refractivity contribution in [1.82, 2.24) is 9.62 Å². The Bertz CT molecular complexity index is 1070. The van der Waals surface area contributed by atoms with Crippen molar-refractivity contribution < 1.29 is 13.2 Å². The van der Waals surface area contributed by atoms with Gasteiger partial charge in [0.25, 0.3) is 5.91 Å². The molecule has 1 atom stereocenters. The van der Waals surface area contributed by atoms with E-state index in [9.17, 15) is 13.2 Å². The lowest BCUT2D eigenvalue weighted by Crippen LogP contribution is -2.36. The van der Waals surface area contributed by atoms with Crippen molar-refractivity contribution in [2.45, 2.75) is 69.7 Å². The fraction of sp³-hybridized carbons (Fsp3) is 0.480. The van der Waals surface area contributed by atoms with Crippen LogP contribution in [0.25, 0.3) is 0 Å². The molecule has 1 saturated heterocycles. The Balaban J connectivity index is 1.53. The van der Waals surface area contributed by atoms with Gasteiger partial charge in [-0.15, -0.1) is 0 Å². The van der Waals surface area contributed by atoms with Crippen LogP contribution in [0.1, 0.15) is 77.7 Å². The van der Waals surface area contributed by atoms with Crippen molar-refractivity contribution >= 4 is 15.9 Å². The molecular formula is C25H32N2O3S. The maximum atomic E-state index is 13.2. The number of carbonyl (C=O) groups is 1. The molecule has 4 rings (SSSR count). The number of nitrogens with zero attached hydrogens (tertiary/aromatic N) is 1. The summed E-state index contributed by atoms with van der Waals surface area (Å²) < 4.78 is 27.9. The molecule has 0 spiro atoms. The van der Waals surface area contributed by atoms with Crippen LogP contribution in [0.4, 0.5) is 0 Å². The highest BCUT2D eigenvalue weighted by molar-refractivity contribution is 7.89. The summed E-state index contributed by atoms with van der Waals surface area (Å²) >= 11 is 0. The zero-order valence-electron chi connectivity index (χ0n) is 18.5. The van der Waals surface area contributed by atoms with Crippen LogP contribution in [-0.2, 0) is 22.9 Å². The molecular weight excluding hydrogens is 408 g/mol. The molecule has 0 bridgehead atoms. The van der Waals surface area contributed by atoms with Gasteiger partial charge in [-0.2, -0.15) is 4.31 Å². The van der Waals surface area contributed by atoms with E-state index in [-0.39, 0.29) is 16.8 Å². The van der Waals surface area contributed by atoms with Gasteiger partial charge < -0.3 is 5.32 Å². The average Bonchev–Trinajstić information content (AvgIpc) is 2.79. The van der Waals surface area contributed by atoms with Crippen LogP contribution in [0.15, 0.2) is 41.3 Å². The van der Waals surface area contributed by atoms with E-state index < -0.39 is 10.0 Å². The first-order chi connectivity index (χ1) is 14.9. The molecule has 0 unspecified atom stereocenters. The Kier molecular flexibility index (Phi) is 6.49. The minimum absolute atomic E-state index is 0.150. The second-order valence-corrected chi connectivity index (χ2v) is 10.8. The summed E-state index contributed by atoms with van der Waals surface area (Å²) in [5.41, 5.74) is 4.94. The number of hydrogen-bond donors (Lipinski definition) is 1. The highest BCUT2D eigenvalue weighted by Crippen LogP contribution is 2.26. The number of hydrogen-bond acceptors (Lipinski definition) is 3. The lowest BCUT2D eigenvalue weighted by molar-refractivity contribution is 0.0939. The largest absolute Gasteiger partial charge is 0.346 e. The Hall–Kier alpha value is -2.18. The van der Waals surface area contributed by atoms with Crippen LogP contribution >= 0.6 is 0 Å². The molecule has 0 saturated carbocycles. The van der Waals surface area contributed by atoms with Gasteiger partial charge in [0.1, 0.15) is 0 Å². The number of amides is 1. The highest BCUT2D eigenvalue weighted by atomic mass is 32.2. The molecule has 1 heterocycles. The van der Waals surface area contributed by atoms with Gasteiger partial charge in [0.05, 0.1) is 10.9 Å². The minimum atomic E-state index is -3.59. The quantitative estimate of drug-likeness (QED) is 0.742. The first-order valence-corrected chi connectivity index (χ1v) is 12.8. The standard InChI is InChI=1S/C25H32N2O3S/c1-18-10-11-23(17-24(18)31(29,30)27-14-6-3-7-15-27)25(28)26-19(2)21-13-12-20-8-4-5-9-22(20)16-21/h10-13,16-17,19H,3-9,14-15H2,1-2H3,(H,26,28)/t19-/m1/s1. The minimum Gasteiger partial charge on any atom is -0.346 e. The number of rotatable bonds is 5. The molecule has 2 aromatic rings. The third-order valence-electron chi connectivity index (χ3n) is 6.60. The molecule has 1 N–H and O–H groups in total. The summed E-state index contributed by atoms with van der Waals surface area (Å²) in [6.07, 6.45) is 7.53. The second kappa shape index (κ2) is 9.13. The van der Waals surface area contributed by atoms with Gasteiger partial charge in [0.2, 0.25) is 10.0 Å². The number of piperidine rings is 1. The Morgan fingerprint density at radius 3 is 2.39 bits per heavy atom.